The molecule has 0 atom stereocenters. The summed E-state index contributed by atoms with van der Waals surface area (Å²) in [5, 5.41) is 4.51. The van der Waals surface area contributed by atoms with Gasteiger partial charge in [-0.3, -0.25) is 0 Å². The number of hydrogen-bond acceptors (Lipinski definition) is 2. The Morgan fingerprint density at radius 2 is 1.23 bits per heavy atom. The van der Waals surface area contributed by atoms with Crippen LogP contribution in [0.15, 0.2) is 57.4 Å². The lowest BCUT2D eigenvalue weighted by molar-refractivity contribution is 0.633. The van der Waals surface area contributed by atoms with Gasteiger partial charge >= 0.3 is 0 Å². The van der Waals surface area contributed by atoms with Crippen LogP contribution in [0.4, 0.5) is 0 Å². The van der Waals surface area contributed by atoms with Crippen molar-refractivity contribution < 1.29 is 8.83 Å². The number of benzene rings is 3. The SMILES string of the molecule is Cc1cc2oc3c(ccc4c5ccccc5oc43)c2cc1C. The molecule has 3 aromatic carbocycles. The van der Waals surface area contributed by atoms with Crippen molar-refractivity contribution in [2.24, 2.45) is 0 Å². The lowest BCUT2D eigenvalue weighted by Gasteiger charge is -1.98. The van der Waals surface area contributed by atoms with Crippen molar-refractivity contribution in [3.05, 3.63) is 59.7 Å². The Morgan fingerprint density at radius 1 is 0.591 bits per heavy atom. The Morgan fingerprint density at radius 3 is 2.05 bits per heavy atom. The van der Waals surface area contributed by atoms with Crippen LogP contribution >= 0.6 is 0 Å². The van der Waals surface area contributed by atoms with E-state index in [0.29, 0.717) is 0 Å². The van der Waals surface area contributed by atoms with Gasteiger partial charge in [-0.05, 0) is 55.3 Å². The fourth-order valence-corrected chi connectivity index (χ4v) is 3.27. The Balaban J connectivity index is 2.04. The maximum absolute atomic E-state index is 6.14. The van der Waals surface area contributed by atoms with Crippen molar-refractivity contribution in [3.63, 3.8) is 0 Å². The zero-order valence-corrected chi connectivity index (χ0v) is 12.4. The standard InChI is InChI=1S/C20H14O2/c1-11-9-16-15-8-7-14-13-5-3-4-6-17(13)21-19(14)20(15)22-18(16)10-12(11)2/h3-10H,1-2H3. The van der Waals surface area contributed by atoms with Gasteiger partial charge in [-0.2, -0.15) is 0 Å². The van der Waals surface area contributed by atoms with E-state index < -0.39 is 0 Å². The van der Waals surface area contributed by atoms with Crippen LogP contribution in [0.2, 0.25) is 0 Å². The molecule has 0 aliphatic heterocycles. The summed E-state index contributed by atoms with van der Waals surface area (Å²) in [4.78, 5) is 0. The number of aryl methyl sites for hydroxylation is 2. The van der Waals surface area contributed by atoms with Crippen molar-refractivity contribution in [2.45, 2.75) is 13.8 Å². The zero-order valence-electron chi connectivity index (χ0n) is 12.4. The van der Waals surface area contributed by atoms with E-state index in [-0.39, 0.29) is 0 Å². The molecular weight excluding hydrogens is 272 g/mol. The first-order chi connectivity index (χ1) is 10.7. The second-order valence-electron chi connectivity index (χ2n) is 5.95. The van der Waals surface area contributed by atoms with E-state index in [9.17, 15) is 0 Å². The molecule has 0 amide bonds. The fraction of sp³-hybridized carbons (Fsp3) is 0.100. The Bertz CT molecular complexity index is 1190. The maximum atomic E-state index is 6.14. The van der Waals surface area contributed by atoms with Gasteiger partial charge in [-0.25, -0.2) is 0 Å². The van der Waals surface area contributed by atoms with Gasteiger partial charge < -0.3 is 8.83 Å². The summed E-state index contributed by atoms with van der Waals surface area (Å²) in [5.41, 5.74) is 6.02. The minimum atomic E-state index is 0.838. The highest BCUT2D eigenvalue weighted by Gasteiger charge is 2.15. The highest BCUT2D eigenvalue weighted by atomic mass is 16.4. The molecule has 0 spiro atoms. The number of fused-ring (bicyclic) bond motifs is 7. The van der Waals surface area contributed by atoms with E-state index in [0.717, 1.165) is 43.9 Å². The molecule has 2 heterocycles. The summed E-state index contributed by atoms with van der Waals surface area (Å²) in [6, 6.07) is 16.7. The molecule has 2 heteroatoms. The topological polar surface area (TPSA) is 26.3 Å². The summed E-state index contributed by atoms with van der Waals surface area (Å²) in [7, 11) is 0. The first-order valence-electron chi connectivity index (χ1n) is 7.46. The number of hydrogen-bond donors (Lipinski definition) is 0. The first kappa shape index (κ1) is 11.9. The van der Waals surface area contributed by atoms with Crippen LogP contribution in [0.1, 0.15) is 11.1 Å². The molecule has 106 valence electrons. The first-order valence-corrected chi connectivity index (χ1v) is 7.46. The predicted octanol–water partition coefficient (Wildman–Crippen LogP) is 6.10. The summed E-state index contributed by atoms with van der Waals surface area (Å²) < 4.78 is 12.2. The lowest BCUT2D eigenvalue weighted by atomic mass is 10.0. The van der Waals surface area contributed by atoms with Crippen molar-refractivity contribution in [1.29, 1.82) is 0 Å². The third-order valence-corrected chi connectivity index (χ3v) is 4.60. The molecule has 2 nitrogen and oxygen atoms in total. The minimum absolute atomic E-state index is 0.838. The molecular formula is C20H14O2. The lowest BCUT2D eigenvalue weighted by Crippen LogP contribution is -1.78. The Hall–Kier alpha value is -2.74. The van der Waals surface area contributed by atoms with E-state index in [1.54, 1.807) is 0 Å². The molecule has 0 aliphatic rings. The van der Waals surface area contributed by atoms with E-state index in [2.05, 4.69) is 44.2 Å². The van der Waals surface area contributed by atoms with Gasteiger partial charge in [0.1, 0.15) is 11.2 Å². The maximum Gasteiger partial charge on any atom is 0.178 e. The summed E-state index contributed by atoms with van der Waals surface area (Å²) in [6.07, 6.45) is 0. The van der Waals surface area contributed by atoms with Crippen molar-refractivity contribution in [3.8, 4) is 0 Å². The predicted molar refractivity (Wildman–Crippen MR) is 90.5 cm³/mol. The van der Waals surface area contributed by atoms with Crippen LogP contribution in [0.25, 0.3) is 43.9 Å². The average Bonchev–Trinajstić information content (AvgIpc) is 3.06. The second-order valence-corrected chi connectivity index (χ2v) is 5.95. The summed E-state index contributed by atoms with van der Waals surface area (Å²) >= 11 is 0. The molecule has 0 unspecified atom stereocenters. The largest absolute Gasteiger partial charge is 0.452 e. The molecule has 5 rings (SSSR count). The molecule has 0 bridgehead atoms. The van der Waals surface area contributed by atoms with E-state index in [1.807, 2.05) is 18.2 Å². The summed E-state index contributed by atoms with van der Waals surface area (Å²) in [6.45, 7) is 4.24. The highest BCUT2D eigenvalue weighted by Crippen LogP contribution is 2.38. The van der Waals surface area contributed by atoms with Crippen LogP contribution in [0, 0.1) is 13.8 Å². The van der Waals surface area contributed by atoms with Gasteiger partial charge in [-0.1, -0.05) is 18.2 Å². The quantitative estimate of drug-likeness (QED) is 0.343. The minimum Gasteiger partial charge on any atom is -0.452 e. The van der Waals surface area contributed by atoms with E-state index in [1.165, 1.54) is 11.1 Å². The van der Waals surface area contributed by atoms with Crippen molar-refractivity contribution in [2.75, 3.05) is 0 Å². The van der Waals surface area contributed by atoms with Crippen LogP contribution in [-0.4, -0.2) is 0 Å². The number of furan rings is 2. The van der Waals surface area contributed by atoms with Gasteiger partial charge in [0.25, 0.3) is 0 Å². The summed E-state index contributed by atoms with van der Waals surface area (Å²) in [5.74, 6) is 0. The van der Waals surface area contributed by atoms with Gasteiger partial charge in [0.15, 0.2) is 11.2 Å². The van der Waals surface area contributed by atoms with Crippen LogP contribution < -0.4 is 0 Å². The second kappa shape index (κ2) is 3.92. The molecule has 22 heavy (non-hydrogen) atoms. The van der Waals surface area contributed by atoms with Crippen molar-refractivity contribution in [1.82, 2.24) is 0 Å². The third-order valence-electron chi connectivity index (χ3n) is 4.60. The average molecular weight is 286 g/mol. The van der Waals surface area contributed by atoms with Crippen LogP contribution in [0.5, 0.6) is 0 Å². The molecule has 0 aliphatic carbocycles. The molecule has 5 aromatic rings. The fourth-order valence-electron chi connectivity index (χ4n) is 3.27. The van der Waals surface area contributed by atoms with Gasteiger partial charge in [0.05, 0.1) is 0 Å². The van der Waals surface area contributed by atoms with Gasteiger partial charge in [0.2, 0.25) is 0 Å². The zero-order chi connectivity index (χ0) is 14.8. The normalized spacial score (nSPS) is 12.1. The number of para-hydroxylation sites is 1. The van der Waals surface area contributed by atoms with Crippen LogP contribution in [-0.2, 0) is 0 Å². The van der Waals surface area contributed by atoms with Crippen LogP contribution in [0.3, 0.4) is 0 Å². The Kier molecular flexibility index (Phi) is 2.11. The van der Waals surface area contributed by atoms with Gasteiger partial charge in [-0.15, -0.1) is 0 Å². The molecule has 2 aromatic heterocycles. The van der Waals surface area contributed by atoms with Gasteiger partial charge in [0, 0.05) is 21.5 Å². The molecule has 0 saturated heterocycles. The molecule has 0 radical (unpaired) electrons. The molecule has 0 saturated carbocycles. The Labute approximate surface area is 126 Å². The highest BCUT2D eigenvalue weighted by molar-refractivity contribution is 6.18. The number of rotatable bonds is 0. The molecule has 0 N–H and O–H groups in total. The smallest absolute Gasteiger partial charge is 0.178 e. The van der Waals surface area contributed by atoms with E-state index in [4.69, 9.17) is 8.83 Å². The third kappa shape index (κ3) is 1.39. The molecule has 0 fully saturated rings. The van der Waals surface area contributed by atoms with Crippen molar-refractivity contribution >= 4 is 43.9 Å². The monoisotopic (exact) mass is 286 g/mol. The van der Waals surface area contributed by atoms with E-state index >= 15 is 0 Å².